The molecule has 1 amide bonds. The van der Waals surface area contributed by atoms with Gasteiger partial charge in [-0.2, -0.15) is 0 Å². The van der Waals surface area contributed by atoms with E-state index in [1.807, 2.05) is 31.2 Å². The third-order valence-corrected chi connectivity index (χ3v) is 5.86. The Labute approximate surface area is 155 Å². The van der Waals surface area contributed by atoms with Crippen molar-refractivity contribution in [2.24, 2.45) is 0 Å². The van der Waals surface area contributed by atoms with Crippen molar-refractivity contribution in [1.82, 2.24) is 5.32 Å². The standard InChI is InChI=1S/C20H24N2O3S/c1-15-7-11-19(12-8-15)22(26(2,24)25)14-20(23)21-18-10-9-16-5-3-4-6-17(16)13-18/h3-8,11-12,18H,9-10,13-14H2,1-2H3,(H,21,23). The molecule has 6 heteroatoms. The molecule has 0 saturated heterocycles. The lowest BCUT2D eigenvalue weighted by Crippen LogP contribution is -2.45. The first-order valence-corrected chi connectivity index (χ1v) is 10.6. The zero-order valence-electron chi connectivity index (χ0n) is 15.1. The van der Waals surface area contributed by atoms with Gasteiger partial charge in [-0.1, -0.05) is 42.0 Å². The summed E-state index contributed by atoms with van der Waals surface area (Å²) >= 11 is 0. The van der Waals surface area contributed by atoms with Gasteiger partial charge in [0.1, 0.15) is 6.54 Å². The Morgan fingerprint density at radius 3 is 2.42 bits per heavy atom. The number of benzene rings is 2. The van der Waals surface area contributed by atoms with Crippen LogP contribution in [-0.4, -0.2) is 33.2 Å². The third-order valence-electron chi connectivity index (χ3n) is 4.72. The van der Waals surface area contributed by atoms with E-state index in [1.165, 1.54) is 11.1 Å². The number of sulfonamides is 1. The highest BCUT2D eigenvalue weighted by Gasteiger charge is 2.24. The smallest absolute Gasteiger partial charge is 0.241 e. The lowest BCUT2D eigenvalue weighted by Gasteiger charge is -2.27. The van der Waals surface area contributed by atoms with Gasteiger partial charge < -0.3 is 5.32 Å². The highest BCUT2D eigenvalue weighted by Crippen LogP contribution is 2.21. The zero-order valence-corrected chi connectivity index (χ0v) is 15.9. The highest BCUT2D eigenvalue weighted by molar-refractivity contribution is 7.92. The molecular formula is C20H24N2O3S. The quantitative estimate of drug-likeness (QED) is 0.877. The molecule has 0 spiro atoms. The SMILES string of the molecule is Cc1ccc(N(CC(=O)NC2CCc3ccccc3C2)S(C)(=O)=O)cc1. The lowest BCUT2D eigenvalue weighted by atomic mass is 9.88. The molecule has 5 nitrogen and oxygen atoms in total. The van der Waals surface area contributed by atoms with Crippen molar-refractivity contribution in [2.75, 3.05) is 17.1 Å². The van der Waals surface area contributed by atoms with Crippen LogP contribution in [0.15, 0.2) is 48.5 Å². The van der Waals surface area contributed by atoms with Gasteiger partial charge >= 0.3 is 0 Å². The number of carbonyl (C=O) groups excluding carboxylic acids is 1. The first-order chi connectivity index (χ1) is 12.3. The molecule has 1 unspecified atom stereocenters. The van der Waals surface area contributed by atoms with E-state index in [-0.39, 0.29) is 18.5 Å². The topological polar surface area (TPSA) is 66.5 Å². The van der Waals surface area contributed by atoms with Gasteiger partial charge in [0.15, 0.2) is 0 Å². The van der Waals surface area contributed by atoms with Crippen LogP contribution in [0, 0.1) is 6.92 Å². The summed E-state index contributed by atoms with van der Waals surface area (Å²) in [4.78, 5) is 12.5. The minimum atomic E-state index is -3.54. The Hall–Kier alpha value is -2.34. The average molecular weight is 372 g/mol. The van der Waals surface area contributed by atoms with Crippen LogP contribution in [0.4, 0.5) is 5.69 Å². The van der Waals surface area contributed by atoms with Crippen molar-refractivity contribution in [3.05, 3.63) is 65.2 Å². The number of nitrogens with zero attached hydrogens (tertiary/aromatic N) is 1. The molecule has 1 aliphatic carbocycles. The van der Waals surface area contributed by atoms with Gasteiger partial charge in [0.05, 0.1) is 11.9 Å². The Morgan fingerprint density at radius 2 is 1.77 bits per heavy atom. The van der Waals surface area contributed by atoms with Crippen LogP contribution in [0.25, 0.3) is 0 Å². The van der Waals surface area contributed by atoms with Gasteiger partial charge in [-0.05, 0) is 49.4 Å². The summed E-state index contributed by atoms with van der Waals surface area (Å²) in [5.41, 5.74) is 4.12. The van der Waals surface area contributed by atoms with E-state index in [1.54, 1.807) is 12.1 Å². The predicted octanol–water partition coefficient (Wildman–Crippen LogP) is 2.43. The fourth-order valence-corrected chi connectivity index (χ4v) is 4.19. The maximum atomic E-state index is 12.5. The average Bonchev–Trinajstić information content (AvgIpc) is 2.59. The maximum Gasteiger partial charge on any atom is 0.241 e. The fraction of sp³-hybridized carbons (Fsp3) is 0.350. The molecule has 2 aromatic rings. The van der Waals surface area contributed by atoms with Crippen LogP contribution < -0.4 is 9.62 Å². The van der Waals surface area contributed by atoms with E-state index in [4.69, 9.17) is 0 Å². The van der Waals surface area contributed by atoms with Crippen molar-refractivity contribution in [1.29, 1.82) is 0 Å². The number of amides is 1. The summed E-state index contributed by atoms with van der Waals surface area (Å²) in [6, 6.07) is 15.4. The van der Waals surface area contributed by atoms with E-state index in [0.717, 1.165) is 35.4 Å². The van der Waals surface area contributed by atoms with E-state index in [0.29, 0.717) is 5.69 Å². The fourth-order valence-electron chi connectivity index (χ4n) is 3.34. The molecule has 0 bridgehead atoms. The summed E-state index contributed by atoms with van der Waals surface area (Å²) in [5, 5.41) is 3.00. The maximum absolute atomic E-state index is 12.5. The largest absolute Gasteiger partial charge is 0.351 e. The summed E-state index contributed by atoms with van der Waals surface area (Å²) in [7, 11) is -3.54. The summed E-state index contributed by atoms with van der Waals surface area (Å²) in [6.07, 6.45) is 3.70. The molecule has 26 heavy (non-hydrogen) atoms. The van der Waals surface area contributed by atoms with Crippen LogP contribution in [0.5, 0.6) is 0 Å². The van der Waals surface area contributed by atoms with Crippen LogP contribution in [-0.2, 0) is 27.7 Å². The molecular weight excluding hydrogens is 348 g/mol. The monoisotopic (exact) mass is 372 g/mol. The molecule has 0 heterocycles. The van der Waals surface area contributed by atoms with Crippen molar-refractivity contribution in [3.8, 4) is 0 Å². The highest BCUT2D eigenvalue weighted by atomic mass is 32.2. The summed E-state index contributed by atoms with van der Waals surface area (Å²) in [6.45, 7) is 1.72. The normalized spacial score (nSPS) is 16.6. The van der Waals surface area contributed by atoms with Gasteiger partial charge in [0, 0.05) is 6.04 Å². The lowest BCUT2D eigenvalue weighted by molar-refractivity contribution is -0.120. The van der Waals surface area contributed by atoms with Gasteiger partial charge in [0.25, 0.3) is 0 Å². The number of hydrogen-bond acceptors (Lipinski definition) is 3. The first kappa shape index (κ1) is 18.5. The Balaban J connectivity index is 1.68. The Morgan fingerprint density at radius 1 is 1.12 bits per heavy atom. The molecule has 138 valence electrons. The second-order valence-electron chi connectivity index (χ2n) is 6.88. The second kappa shape index (κ2) is 7.50. The molecule has 0 aliphatic heterocycles. The van der Waals surface area contributed by atoms with Crippen molar-refractivity contribution >= 4 is 21.6 Å². The van der Waals surface area contributed by atoms with Crippen molar-refractivity contribution in [2.45, 2.75) is 32.2 Å². The van der Waals surface area contributed by atoms with Crippen LogP contribution in [0.2, 0.25) is 0 Å². The molecule has 2 aromatic carbocycles. The molecule has 0 aromatic heterocycles. The van der Waals surface area contributed by atoms with E-state index >= 15 is 0 Å². The molecule has 0 saturated carbocycles. The summed E-state index contributed by atoms with van der Waals surface area (Å²) in [5.74, 6) is -0.277. The van der Waals surface area contributed by atoms with E-state index in [9.17, 15) is 13.2 Å². The molecule has 1 N–H and O–H groups in total. The Bertz CT molecular complexity index is 892. The zero-order chi connectivity index (χ0) is 18.7. The number of anilines is 1. The second-order valence-corrected chi connectivity index (χ2v) is 8.79. The number of rotatable bonds is 5. The molecule has 0 fully saturated rings. The minimum absolute atomic E-state index is 0.0387. The van der Waals surface area contributed by atoms with Crippen molar-refractivity contribution < 1.29 is 13.2 Å². The van der Waals surface area contributed by atoms with Gasteiger partial charge in [-0.25, -0.2) is 8.42 Å². The van der Waals surface area contributed by atoms with E-state index < -0.39 is 10.0 Å². The molecule has 1 aliphatic rings. The van der Waals surface area contributed by atoms with Crippen LogP contribution in [0.3, 0.4) is 0 Å². The van der Waals surface area contributed by atoms with E-state index in [2.05, 4.69) is 17.4 Å². The van der Waals surface area contributed by atoms with Gasteiger partial charge in [-0.15, -0.1) is 0 Å². The third kappa shape index (κ3) is 4.43. The van der Waals surface area contributed by atoms with Gasteiger partial charge in [0.2, 0.25) is 15.9 Å². The van der Waals surface area contributed by atoms with Gasteiger partial charge in [-0.3, -0.25) is 9.10 Å². The number of fused-ring (bicyclic) bond motifs is 1. The van der Waals surface area contributed by atoms with Crippen molar-refractivity contribution in [3.63, 3.8) is 0 Å². The van der Waals surface area contributed by atoms with Crippen LogP contribution >= 0.6 is 0 Å². The van der Waals surface area contributed by atoms with Crippen LogP contribution in [0.1, 0.15) is 23.1 Å². The molecule has 0 radical (unpaired) electrons. The summed E-state index contributed by atoms with van der Waals surface area (Å²) < 4.78 is 25.5. The first-order valence-electron chi connectivity index (χ1n) is 8.73. The molecule has 3 rings (SSSR count). The minimum Gasteiger partial charge on any atom is -0.351 e. The number of aryl methyl sites for hydroxylation is 2. The molecule has 1 atom stereocenters. The Kier molecular flexibility index (Phi) is 5.32. The number of hydrogen-bond donors (Lipinski definition) is 1. The number of carbonyl (C=O) groups is 1. The predicted molar refractivity (Wildman–Crippen MR) is 104 cm³/mol. The number of nitrogens with one attached hydrogen (secondary N) is 1.